The number of nitrogens with zero attached hydrogens (tertiary/aromatic N) is 1. The Bertz CT molecular complexity index is 1580. The molecule has 0 spiro atoms. The molecule has 10 heteroatoms. The van der Waals surface area contributed by atoms with Crippen LogP contribution in [-0.2, 0) is 32.7 Å². The zero-order valence-electron chi connectivity index (χ0n) is 46.6. The predicted octanol–water partition coefficient (Wildman–Crippen LogP) is 17.2. The summed E-state index contributed by atoms with van der Waals surface area (Å²) in [7, 11) is 1.14. The molecule has 0 saturated heterocycles. The van der Waals surface area contributed by atoms with E-state index < -0.39 is 32.5 Å². The molecule has 0 amide bonds. The van der Waals surface area contributed by atoms with Gasteiger partial charge in [0.15, 0.2) is 6.10 Å². The lowest BCUT2D eigenvalue weighted by Crippen LogP contribution is -2.37. The van der Waals surface area contributed by atoms with Crippen LogP contribution < -0.4 is 4.89 Å². The molecule has 0 N–H and O–H groups in total. The summed E-state index contributed by atoms with van der Waals surface area (Å²) in [6.07, 6.45) is 72.6. The first-order valence-corrected chi connectivity index (χ1v) is 30.1. The Kier molecular flexibility index (Phi) is 50.1. The number of phosphoric acid groups is 1. The third kappa shape index (κ3) is 56.0. The molecular formula is C62H106NO8P. The number of hydrogen-bond donors (Lipinski definition) is 0. The number of carbonyl (C=O) groups is 2. The number of hydrogen-bond acceptors (Lipinski definition) is 8. The monoisotopic (exact) mass is 1020 g/mol. The van der Waals surface area contributed by atoms with Gasteiger partial charge >= 0.3 is 11.9 Å². The largest absolute Gasteiger partial charge is 0.756 e. The first kappa shape index (κ1) is 68.7. The number of carbonyl (C=O) groups excluding carboxylic acids is 2. The molecule has 0 aromatic heterocycles. The normalized spacial score (nSPS) is 14.1. The van der Waals surface area contributed by atoms with Crippen LogP contribution in [0.3, 0.4) is 0 Å². The zero-order valence-corrected chi connectivity index (χ0v) is 47.5. The molecule has 0 bridgehead atoms. The van der Waals surface area contributed by atoms with E-state index in [1.54, 1.807) is 0 Å². The van der Waals surface area contributed by atoms with E-state index in [4.69, 9.17) is 18.5 Å². The second-order valence-electron chi connectivity index (χ2n) is 19.9. The Morgan fingerprint density at radius 3 is 1.18 bits per heavy atom. The predicted molar refractivity (Wildman–Crippen MR) is 305 cm³/mol. The van der Waals surface area contributed by atoms with Crippen LogP contribution in [0.25, 0.3) is 0 Å². The van der Waals surface area contributed by atoms with Crippen LogP contribution in [0.5, 0.6) is 0 Å². The Labute approximate surface area is 442 Å². The molecule has 412 valence electrons. The van der Waals surface area contributed by atoms with Gasteiger partial charge in [0, 0.05) is 12.8 Å². The highest BCUT2D eigenvalue weighted by atomic mass is 31.2. The highest BCUT2D eigenvalue weighted by Gasteiger charge is 2.21. The lowest BCUT2D eigenvalue weighted by Gasteiger charge is -2.28. The van der Waals surface area contributed by atoms with E-state index in [-0.39, 0.29) is 26.1 Å². The molecule has 2 atom stereocenters. The van der Waals surface area contributed by atoms with Crippen LogP contribution >= 0.6 is 7.82 Å². The van der Waals surface area contributed by atoms with Gasteiger partial charge in [-0.25, -0.2) is 0 Å². The standard InChI is InChI=1S/C62H106NO8P/c1-6-8-10-12-14-16-18-20-22-24-26-28-29-30-31-32-33-35-37-39-41-43-45-47-49-51-53-55-62(65)71-60(59-70-72(66,67)69-57-56-63(3,4)5)58-68-61(64)54-52-50-48-46-44-42-40-38-36-34-27-25-23-21-19-17-15-13-11-9-7-2/h8,10,14,16,19-22,25-28,30-31,33,35-36,38,60H,6-7,9,11-13,15,17-18,23-24,29,32,34,37,39-59H2,1-5H3/b10-8-,16-14-,21-19-,22-20-,27-25-,28-26-,31-30-,35-33-,38-36-. The number of phosphoric ester groups is 1. The van der Waals surface area contributed by atoms with Gasteiger partial charge in [-0.15, -0.1) is 0 Å². The molecule has 0 aliphatic rings. The molecular weight excluding hydrogens is 918 g/mol. The smallest absolute Gasteiger partial charge is 0.306 e. The third-order valence-electron chi connectivity index (χ3n) is 11.8. The van der Waals surface area contributed by atoms with Crippen LogP contribution in [0.15, 0.2) is 109 Å². The maximum atomic E-state index is 12.8. The molecule has 0 aromatic rings. The van der Waals surface area contributed by atoms with Crippen LogP contribution in [0.4, 0.5) is 0 Å². The SMILES string of the molecule is CC/C=C\C/C=C\C/C=C\C/C=C\C/C=C\C/C=C\CCCCCCCCCCC(=O)OC(COC(=O)CCCCCCCC/C=C\C/C=C\C/C=C\CCCCCCC)COP(=O)([O-])OCC[N+](C)(C)C. The molecule has 0 rings (SSSR count). The van der Waals surface area contributed by atoms with Gasteiger partial charge in [0.05, 0.1) is 27.7 Å². The third-order valence-corrected chi connectivity index (χ3v) is 12.7. The van der Waals surface area contributed by atoms with Gasteiger partial charge in [-0.2, -0.15) is 0 Å². The van der Waals surface area contributed by atoms with Crippen molar-refractivity contribution >= 4 is 19.8 Å². The van der Waals surface area contributed by atoms with Crippen molar-refractivity contribution in [3.8, 4) is 0 Å². The molecule has 0 aliphatic heterocycles. The van der Waals surface area contributed by atoms with Gasteiger partial charge < -0.3 is 27.9 Å². The van der Waals surface area contributed by atoms with Crippen molar-refractivity contribution < 1.29 is 42.1 Å². The van der Waals surface area contributed by atoms with Crippen molar-refractivity contribution in [2.24, 2.45) is 0 Å². The van der Waals surface area contributed by atoms with E-state index in [1.165, 1.54) is 64.2 Å². The quantitative estimate of drug-likeness (QED) is 0.0195. The fraction of sp³-hybridized carbons (Fsp3) is 0.677. The number of esters is 2. The molecule has 0 aliphatic carbocycles. The van der Waals surface area contributed by atoms with Crippen LogP contribution in [0, 0.1) is 0 Å². The summed E-state index contributed by atoms with van der Waals surface area (Å²) in [6, 6.07) is 0. The molecule has 0 radical (unpaired) electrons. The van der Waals surface area contributed by atoms with Crippen molar-refractivity contribution in [1.29, 1.82) is 0 Å². The summed E-state index contributed by atoms with van der Waals surface area (Å²) >= 11 is 0. The van der Waals surface area contributed by atoms with Gasteiger partial charge in [0.2, 0.25) is 0 Å². The van der Waals surface area contributed by atoms with E-state index in [0.29, 0.717) is 23.9 Å². The minimum atomic E-state index is -4.65. The van der Waals surface area contributed by atoms with Crippen LogP contribution in [-0.4, -0.2) is 70.0 Å². The second kappa shape index (κ2) is 52.5. The van der Waals surface area contributed by atoms with Crippen LogP contribution in [0.2, 0.25) is 0 Å². The molecule has 0 saturated carbocycles. The lowest BCUT2D eigenvalue weighted by atomic mass is 10.1. The van der Waals surface area contributed by atoms with Gasteiger partial charge in [0.25, 0.3) is 7.82 Å². The molecule has 2 unspecified atom stereocenters. The van der Waals surface area contributed by atoms with Gasteiger partial charge in [-0.05, 0) is 103 Å². The highest BCUT2D eigenvalue weighted by molar-refractivity contribution is 7.45. The van der Waals surface area contributed by atoms with E-state index in [0.717, 1.165) is 116 Å². The van der Waals surface area contributed by atoms with E-state index >= 15 is 0 Å². The van der Waals surface area contributed by atoms with Gasteiger partial charge in [-0.1, -0.05) is 213 Å². The molecule has 0 fully saturated rings. The maximum Gasteiger partial charge on any atom is 0.306 e. The maximum absolute atomic E-state index is 12.8. The second-order valence-corrected chi connectivity index (χ2v) is 21.3. The number of likely N-dealkylation sites (N-methyl/N-ethyl adjacent to an activating group) is 1. The highest BCUT2D eigenvalue weighted by Crippen LogP contribution is 2.38. The van der Waals surface area contributed by atoms with Crippen molar-refractivity contribution in [2.45, 2.75) is 225 Å². The topological polar surface area (TPSA) is 111 Å². The molecule has 9 nitrogen and oxygen atoms in total. The number of quaternary nitrogens is 1. The fourth-order valence-electron chi connectivity index (χ4n) is 7.37. The Balaban J connectivity index is 4.26. The number of unbranched alkanes of at least 4 members (excludes halogenated alkanes) is 19. The molecule has 72 heavy (non-hydrogen) atoms. The Hall–Kier alpha value is -3.33. The van der Waals surface area contributed by atoms with Crippen LogP contribution in [0.1, 0.15) is 219 Å². The molecule has 0 aromatic carbocycles. The summed E-state index contributed by atoms with van der Waals surface area (Å²) in [5.41, 5.74) is 0. The van der Waals surface area contributed by atoms with E-state index in [9.17, 15) is 19.0 Å². The fourth-order valence-corrected chi connectivity index (χ4v) is 8.10. The summed E-state index contributed by atoms with van der Waals surface area (Å²) in [5, 5.41) is 0. The summed E-state index contributed by atoms with van der Waals surface area (Å²) in [6.45, 7) is 4.08. The van der Waals surface area contributed by atoms with E-state index in [2.05, 4.69) is 123 Å². The van der Waals surface area contributed by atoms with Crippen molar-refractivity contribution in [2.75, 3.05) is 47.5 Å². The number of allylic oxidation sites excluding steroid dienone is 18. The summed E-state index contributed by atoms with van der Waals surface area (Å²) in [5.74, 6) is -0.864. The zero-order chi connectivity index (χ0) is 52.7. The van der Waals surface area contributed by atoms with E-state index in [1.807, 2.05) is 21.1 Å². The Morgan fingerprint density at radius 2 is 0.792 bits per heavy atom. The van der Waals surface area contributed by atoms with Gasteiger partial charge in [-0.3, -0.25) is 14.2 Å². The number of rotatable bonds is 51. The van der Waals surface area contributed by atoms with Crippen molar-refractivity contribution in [3.63, 3.8) is 0 Å². The number of ether oxygens (including phenoxy) is 2. The van der Waals surface area contributed by atoms with Crippen molar-refractivity contribution in [1.82, 2.24) is 0 Å². The molecule has 0 heterocycles. The minimum absolute atomic E-state index is 0.0409. The minimum Gasteiger partial charge on any atom is -0.756 e. The van der Waals surface area contributed by atoms with Gasteiger partial charge in [0.1, 0.15) is 19.8 Å². The first-order chi connectivity index (χ1) is 35.0. The first-order valence-electron chi connectivity index (χ1n) is 28.6. The van der Waals surface area contributed by atoms with Crippen molar-refractivity contribution in [3.05, 3.63) is 109 Å². The lowest BCUT2D eigenvalue weighted by molar-refractivity contribution is -0.870. The summed E-state index contributed by atoms with van der Waals surface area (Å²) < 4.78 is 34.1. The average Bonchev–Trinajstić information content (AvgIpc) is 3.34. The average molecular weight is 1020 g/mol. The summed E-state index contributed by atoms with van der Waals surface area (Å²) in [4.78, 5) is 37.9. The Morgan fingerprint density at radius 1 is 0.444 bits per heavy atom.